The number of halogens is 1. The van der Waals surface area contributed by atoms with Gasteiger partial charge in [-0.15, -0.1) is 10.2 Å². The van der Waals surface area contributed by atoms with Gasteiger partial charge >= 0.3 is 0 Å². The summed E-state index contributed by atoms with van der Waals surface area (Å²) in [6.07, 6.45) is 0. The Bertz CT molecular complexity index is 1030. The molecule has 0 saturated carbocycles. The Hall–Kier alpha value is -2.52. The molecule has 3 aromatic rings. The SMILES string of the molecule is CCN(Cc1ccc2c(c1)OCO2)C(=O)CSc1nnc(-c2ccccc2Br)o1. The zero-order valence-electron chi connectivity index (χ0n) is 15.6. The van der Waals surface area contributed by atoms with Crippen LogP contribution in [-0.4, -0.2) is 40.1 Å². The molecule has 1 amide bonds. The lowest BCUT2D eigenvalue weighted by Gasteiger charge is -2.20. The van der Waals surface area contributed by atoms with Crippen molar-refractivity contribution in [2.75, 3.05) is 19.1 Å². The van der Waals surface area contributed by atoms with Gasteiger partial charge in [-0.25, -0.2) is 0 Å². The topological polar surface area (TPSA) is 77.7 Å². The number of thioether (sulfide) groups is 1. The van der Waals surface area contributed by atoms with E-state index in [0.717, 1.165) is 21.3 Å². The number of benzene rings is 2. The predicted octanol–water partition coefficient (Wildman–Crippen LogP) is 4.37. The molecule has 1 aromatic heterocycles. The number of fused-ring (bicyclic) bond motifs is 1. The second-order valence-electron chi connectivity index (χ2n) is 6.24. The fraction of sp³-hybridized carbons (Fsp3) is 0.250. The first-order valence-electron chi connectivity index (χ1n) is 9.01. The zero-order chi connectivity index (χ0) is 20.2. The van der Waals surface area contributed by atoms with Crippen LogP contribution in [0.2, 0.25) is 0 Å². The third-order valence-electron chi connectivity index (χ3n) is 4.37. The molecule has 0 saturated heterocycles. The number of aromatic nitrogens is 2. The summed E-state index contributed by atoms with van der Waals surface area (Å²) in [5, 5.41) is 8.48. The van der Waals surface area contributed by atoms with Gasteiger partial charge in [-0.1, -0.05) is 30.0 Å². The van der Waals surface area contributed by atoms with E-state index in [0.29, 0.717) is 30.0 Å². The molecule has 2 heterocycles. The molecular weight excluding hydrogens is 458 g/mol. The average molecular weight is 476 g/mol. The molecule has 0 aliphatic carbocycles. The number of carbonyl (C=O) groups excluding carboxylic acids is 1. The minimum Gasteiger partial charge on any atom is -0.454 e. The van der Waals surface area contributed by atoms with Gasteiger partial charge in [-0.2, -0.15) is 0 Å². The maximum absolute atomic E-state index is 12.7. The molecule has 2 aromatic carbocycles. The van der Waals surface area contributed by atoms with Crippen LogP contribution in [0.1, 0.15) is 12.5 Å². The highest BCUT2D eigenvalue weighted by Gasteiger charge is 2.18. The number of ether oxygens (including phenoxy) is 2. The molecule has 1 aliphatic rings. The van der Waals surface area contributed by atoms with Crippen LogP contribution in [0.4, 0.5) is 0 Å². The first-order chi connectivity index (χ1) is 14.1. The van der Waals surface area contributed by atoms with Gasteiger partial charge in [0, 0.05) is 17.6 Å². The largest absolute Gasteiger partial charge is 0.454 e. The third-order valence-corrected chi connectivity index (χ3v) is 5.87. The van der Waals surface area contributed by atoms with E-state index in [9.17, 15) is 4.79 Å². The molecular formula is C20H18BrN3O4S. The van der Waals surface area contributed by atoms with Crippen LogP contribution in [0.5, 0.6) is 11.5 Å². The lowest BCUT2D eigenvalue weighted by Crippen LogP contribution is -2.31. The second kappa shape index (κ2) is 8.87. The van der Waals surface area contributed by atoms with Gasteiger partial charge in [0.05, 0.1) is 11.3 Å². The van der Waals surface area contributed by atoms with Gasteiger partial charge in [0.1, 0.15) is 0 Å². The molecule has 150 valence electrons. The van der Waals surface area contributed by atoms with Crippen molar-refractivity contribution >= 4 is 33.6 Å². The van der Waals surface area contributed by atoms with Gasteiger partial charge < -0.3 is 18.8 Å². The number of rotatable bonds is 7. The van der Waals surface area contributed by atoms with E-state index in [4.69, 9.17) is 13.9 Å². The van der Waals surface area contributed by atoms with Crippen LogP contribution in [0.25, 0.3) is 11.5 Å². The Morgan fingerprint density at radius 3 is 2.83 bits per heavy atom. The highest BCUT2D eigenvalue weighted by Crippen LogP contribution is 2.33. The Balaban J connectivity index is 1.36. The average Bonchev–Trinajstić information content (AvgIpc) is 3.39. The molecule has 1 aliphatic heterocycles. The molecule has 0 N–H and O–H groups in total. The van der Waals surface area contributed by atoms with E-state index < -0.39 is 0 Å². The Kier molecular flexibility index (Phi) is 6.05. The van der Waals surface area contributed by atoms with Crippen molar-refractivity contribution in [2.24, 2.45) is 0 Å². The van der Waals surface area contributed by atoms with Gasteiger partial charge in [0.25, 0.3) is 5.22 Å². The molecule has 4 rings (SSSR count). The lowest BCUT2D eigenvalue weighted by molar-refractivity contribution is -0.128. The maximum Gasteiger partial charge on any atom is 0.277 e. The molecule has 0 unspecified atom stereocenters. The summed E-state index contributed by atoms with van der Waals surface area (Å²) < 4.78 is 17.3. The minimum atomic E-state index is -0.00388. The first kappa shape index (κ1) is 19.8. The molecule has 0 atom stereocenters. The summed E-state index contributed by atoms with van der Waals surface area (Å²) in [5.74, 6) is 2.08. The van der Waals surface area contributed by atoms with Crippen molar-refractivity contribution in [3.63, 3.8) is 0 Å². The van der Waals surface area contributed by atoms with Crippen molar-refractivity contribution in [3.8, 4) is 23.0 Å². The standard InChI is InChI=1S/C20H18BrN3O4S/c1-2-24(10-13-7-8-16-17(9-13)27-12-26-16)18(25)11-29-20-23-22-19(28-20)14-5-3-4-6-15(14)21/h3-9H,2,10-12H2,1H3. The summed E-state index contributed by atoms with van der Waals surface area (Å²) in [5.41, 5.74) is 1.81. The van der Waals surface area contributed by atoms with E-state index in [1.54, 1.807) is 4.90 Å². The Labute approximate surface area is 180 Å². The van der Waals surface area contributed by atoms with Crippen molar-refractivity contribution in [1.29, 1.82) is 0 Å². The van der Waals surface area contributed by atoms with E-state index in [1.165, 1.54) is 11.8 Å². The van der Waals surface area contributed by atoms with Crippen molar-refractivity contribution < 1.29 is 18.7 Å². The zero-order valence-corrected chi connectivity index (χ0v) is 18.0. The van der Waals surface area contributed by atoms with Crippen LogP contribution in [0.3, 0.4) is 0 Å². The van der Waals surface area contributed by atoms with Crippen LogP contribution in [-0.2, 0) is 11.3 Å². The quantitative estimate of drug-likeness (QED) is 0.469. The van der Waals surface area contributed by atoms with E-state index in [2.05, 4.69) is 26.1 Å². The molecule has 9 heteroatoms. The molecule has 7 nitrogen and oxygen atoms in total. The van der Waals surface area contributed by atoms with Gasteiger partial charge in [-0.05, 0) is 52.7 Å². The molecule has 29 heavy (non-hydrogen) atoms. The Morgan fingerprint density at radius 1 is 1.17 bits per heavy atom. The van der Waals surface area contributed by atoms with Crippen LogP contribution < -0.4 is 9.47 Å². The van der Waals surface area contributed by atoms with Crippen molar-refractivity contribution in [1.82, 2.24) is 15.1 Å². The summed E-state index contributed by atoms with van der Waals surface area (Å²) >= 11 is 4.70. The Morgan fingerprint density at radius 2 is 2.00 bits per heavy atom. The summed E-state index contributed by atoms with van der Waals surface area (Å²) in [6.45, 7) is 3.28. The maximum atomic E-state index is 12.7. The van der Waals surface area contributed by atoms with Crippen LogP contribution in [0, 0.1) is 0 Å². The predicted molar refractivity (Wildman–Crippen MR) is 112 cm³/mol. The first-order valence-corrected chi connectivity index (χ1v) is 10.8. The fourth-order valence-electron chi connectivity index (χ4n) is 2.86. The number of hydrogen-bond acceptors (Lipinski definition) is 7. The van der Waals surface area contributed by atoms with E-state index >= 15 is 0 Å². The monoisotopic (exact) mass is 475 g/mol. The second-order valence-corrected chi connectivity index (χ2v) is 8.02. The molecule has 0 bridgehead atoms. The molecule has 0 fully saturated rings. The lowest BCUT2D eigenvalue weighted by atomic mass is 10.2. The summed E-state index contributed by atoms with van der Waals surface area (Å²) in [6, 6.07) is 13.3. The molecule has 0 spiro atoms. The van der Waals surface area contributed by atoms with Gasteiger partial charge in [-0.3, -0.25) is 4.79 Å². The van der Waals surface area contributed by atoms with Gasteiger partial charge in [0.15, 0.2) is 11.5 Å². The smallest absolute Gasteiger partial charge is 0.277 e. The van der Waals surface area contributed by atoms with Gasteiger partial charge in [0.2, 0.25) is 18.6 Å². The number of hydrogen-bond donors (Lipinski definition) is 0. The van der Waals surface area contributed by atoms with E-state index in [-0.39, 0.29) is 18.5 Å². The highest BCUT2D eigenvalue weighted by molar-refractivity contribution is 9.10. The number of amides is 1. The minimum absolute atomic E-state index is 0.00388. The summed E-state index contributed by atoms with van der Waals surface area (Å²) in [4.78, 5) is 14.4. The van der Waals surface area contributed by atoms with Crippen LogP contribution >= 0.6 is 27.7 Å². The summed E-state index contributed by atoms with van der Waals surface area (Å²) in [7, 11) is 0. The number of carbonyl (C=O) groups is 1. The number of nitrogens with zero attached hydrogens (tertiary/aromatic N) is 3. The van der Waals surface area contributed by atoms with E-state index in [1.807, 2.05) is 49.4 Å². The molecule has 0 radical (unpaired) electrons. The van der Waals surface area contributed by atoms with Crippen molar-refractivity contribution in [2.45, 2.75) is 18.7 Å². The fourth-order valence-corrected chi connectivity index (χ4v) is 3.98. The third kappa shape index (κ3) is 4.56. The highest BCUT2D eigenvalue weighted by atomic mass is 79.9. The van der Waals surface area contributed by atoms with Crippen molar-refractivity contribution in [3.05, 3.63) is 52.5 Å². The van der Waals surface area contributed by atoms with Crippen LogP contribution in [0.15, 0.2) is 56.6 Å². The normalized spacial score (nSPS) is 12.2.